The smallest absolute Gasteiger partial charge is 0.321 e. The van der Waals surface area contributed by atoms with Crippen LogP contribution in [-0.4, -0.2) is 31.8 Å². The standard InChI is InChI=1S/C21H24N2O4/c1-2-9-26-10-11-27-18-8-4-6-16(13-18)15-5-3-7-17(12-15)19-14-20(24)23-21(25)22-19/h3-8,12-13,19H,2,9-11,14H2,1H3,(H2,22,23,24,25). The second kappa shape index (κ2) is 9.19. The van der Waals surface area contributed by atoms with E-state index in [0.29, 0.717) is 13.2 Å². The van der Waals surface area contributed by atoms with Gasteiger partial charge in [-0.1, -0.05) is 37.3 Å². The maximum atomic E-state index is 11.6. The molecule has 0 saturated carbocycles. The molecule has 27 heavy (non-hydrogen) atoms. The number of hydrogen-bond acceptors (Lipinski definition) is 4. The van der Waals surface area contributed by atoms with E-state index in [1.165, 1.54) is 0 Å². The van der Waals surface area contributed by atoms with Crippen molar-refractivity contribution in [3.63, 3.8) is 0 Å². The first kappa shape index (κ1) is 18.9. The second-order valence-electron chi connectivity index (χ2n) is 6.39. The predicted octanol–water partition coefficient (Wildman–Crippen LogP) is 3.43. The summed E-state index contributed by atoms with van der Waals surface area (Å²) in [7, 11) is 0. The van der Waals surface area contributed by atoms with Crippen LogP contribution in [0.3, 0.4) is 0 Å². The summed E-state index contributed by atoms with van der Waals surface area (Å²) in [4.78, 5) is 23.2. The third kappa shape index (κ3) is 5.31. The molecule has 1 atom stereocenters. The first-order chi connectivity index (χ1) is 13.2. The molecule has 0 bridgehead atoms. The highest BCUT2D eigenvalue weighted by atomic mass is 16.5. The maximum absolute atomic E-state index is 11.6. The Morgan fingerprint density at radius 3 is 2.56 bits per heavy atom. The van der Waals surface area contributed by atoms with E-state index >= 15 is 0 Å². The van der Waals surface area contributed by atoms with Crippen molar-refractivity contribution < 1.29 is 19.1 Å². The molecule has 1 aliphatic rings. The van der Waals surface area contributed by atoms with Crippen molar-refractivity contribution in [2.45, 2.75) is 25.8 Å². The number of nitrogens with one attached hydrogen (secondary N) is 2. The Kier molecular flexibility index (Phi) is 6.44. The van der Waals surface area contributed by atoms with Crippen molar-refractivity contribution in [2.24, 2.45) is 0 Å². The molecule has 3 rings (SSSR count). The number of imide groups is 1. The summed E-state index contributed by atoms with van der Waals surface area (Å²) in [5, 5.41) is 5.04. The first-order valence-corrected chi connectivity index (χ1v) is 9.17. The molecule has 2 N–H and O–H groups in total. The van der Waals surface area contributed by atoms with Crippen LogP contribution in [0.15, 0.2) is 48.5 Å². The van der Waals surface area contributed by atoms with E-state index < -0.39 is 6.03 Å². The van der Waals surface area contributed by atoms with Gasteiger partial charge in [0.1, 0.15) is 12.4 Å². The van der Waals surface area contributed by atoms with Gasteiger partial charge in [0.05, 0.1) is 19.1 Å². The maximum Gasteiger partial charge on any atom is 0.321 e. The van der Waals surface area contributed by atoms with Crippen molar-refractivity contribution in [1.29, 1.82) is 0 Å². The Bertz CT molecular complexity index is 790. The average molecular weight is 368 g/mol. The van der Waals surface area contributed by atoms with Crippen LogP contribution in [0, 0.1) is 0 Å². The number of benzene rings is 2. The number of carbonyl (C=O) groups excluding carboxylic acids is 2. The molecule has 0 aliphatic carbocycles. The molecular weight excluding hydrogens is 344 g/mol. The normalized spacial score (nSPS) is 16.6. The lowest BCUT2D eigenvalue weighted by molar-refractivity contribution is -0.121. The Hall–Kier alpha value is -2.86. The van der Waals surface area contributed by atoms with Crippen LogP contribution in [-0.2, 0) is 9.53 Å². The molecule has 1 fully saturated rings. The molecular formula is C21H24N2O4. The number of urea groups is 1. The molecule has 1 unspecified atom stereocenters. The summed E-state index contributed by atoms with van der Waals surface area (Å²) in [6.45, 7) is 3.89. The molecule has 6 heteroatoms. The largest absolute Gasteiger partial charge is 0.491 e. The highest BCUT2D eigenvalue weighted by Gasteiger charge is 2.25. The van der Waals surface area contributed by atoms with Crippen molar-refractivity contribution in [3.05, 3.63) is 54.1 Å². The van der Waals surface area contributed by atoms with Gasteiger partial charge in [0.25, 0.3) is 0 Å². The highest BCUT2D eigenvalue weighted by molar-refractivity contribution is 5.97. The van der Waals surface area contributed by atoms with E-state index in [4.69, 9.17) is 9.47 Å². The Balaban J connectivity index is 1.70. The lowest BCUT2D eigenvalue weighted by Crippen LogP contribution is -2.48. The summed E-state index contributed by atoms with van der Waals surface area (Å²) >= 11 is 0. The molecule has 2 aromatic rings. The molecule has 6 nitrogen and oxygen atoms in total. The fourth-order valence-electron chi connectivity index (χ4n) is 2.97. The minimum absolute atomic E-state index is 0.232. The molecule has 1 saturated heterocycles. The minimum atomic E-state index is -0.456. The van der Waals surface area contributed by atoms with Crippen molar-refractivity contribution in [2.75, 3.05) is 19.8 Å². The molecule has 1 heterocycles. The molecule has 1 aliphatic heterocycles. The van der Waals surface area contributed by atoms with Gasteiger partial charge in [0.15, 0.2) is 0 Å². The Labute approximate surface area is 158 Å². The summed E-state index contributed by atoms with van der Waals surface area (Å²) in [6.07, 6.45) is 1.23. The van der Waals surface area contributed by atoms with Crippen molar-refractivity contribution in [1.82, 2.24) is 10.6 Å². The summed E-state index contributed by atoms with van der Waals surface area (Å²) < 4.78 is 11.2. The molecule has 3 amide bonds. The zero-order chi connectivity index (χ0) is 19.1. The van der Waals surface area contributed by atoms with E-state index in [9.17, 15) is 9.59 Å². The van der Waals surface area contributed by atoms with Crippen LogP contribution < -0.4 is 15.4 Å². The van der Waals surface area contributed by atoms with Crippen molar-refractivity contribution in [3.8, 4) is 16.9 Å². The highest BCUT2D eigenvalue weighted by Crippen LogP contribution is 2.28. The lowest BCUT2D eigenvalue weighted by atomic mass is 9.97. The molecule has 0 radical (unpaired) electrons. The third-order valence-electron chi connectivity index (χ3n) is 4.25. The quantitative estimate of drug-likeness (QED) is 0.700. The number of hydrogen-bond donors (Lipinski definition) is 2. The van der Waals surface area contributed by atoms with Gasteiger partial charge in [-0.3, -0.25) is 10.1 Å². The van der Waals surface area contributed by atoms with Gasteiger partial charge in [-0.15, -0.1) is 0 Å². The summed E-state index contributed by atoms with van der Waals surface area (Å²) in [6, 6.07) is 14.9. The van der Waals surface area contributed by atoms with Gasteiger partial charge < -0.3 is 14.8 Å². The van der Waals surface area contributed by atoms with Crippen LogP contribution in [0.25, 0.3) is 11.1 Å². The van der Waals surface area contributed by atoms with Crippen LogP contribution in [0.5, 0.6) is 5.75 Å². The first-order valence-electron chi connectivity index (χ1n) is 9.17. The van der Waals surface area contributed by atoms with Gasteiger partial charge in [0, 0.05) is 6.61 Å². The zero-order valence-corrected chi connectivity index (χ0v) is 15.4. The van der Waals surface area contributed by atoms with E-state index in [1.54, 1.807) is 0 Å². The zero-order valence-electron chi connectivity index (χ0n) is 15.4. The fraction of sp³-hybridized carbons (Fsp3) is 0.333. The van der Waals surface area contributed by atoms with Gasteiger partial charge in [0.2, 0.25) is 5.91 Å². The number of ether oxygens (including phenoxy) is 2. The van der Waals surface area contributed by atoms with E-state index in [-0.39, 0.29) is 18.4 Å². The van der Waals surface area contributed by atoms with E-state index in [2.05, 4.69) is 17.6 Å². The topological polar surface area (TPSA) is 76.7 Å². The molecule has 142 valence electrons. The molecule has 0 aromatic heterocycles. The van der Waals surface area contributed by atoms with Gasteiger partial charge >= 0.3 is 6.03 Å². The fourth-order valence-corrected chi connectivity index (χ4v) is 2.97. The third-order valence-corrected chi connectivity index (χ3v) is 4.25. The van der Waals surface area contributed by atoms with Gasteiger partial charge in [-0.2, -0.15) is 0 Å². The number of rotatable bonds is 8. The predicted molar refractivity (Wildman–Crippen MR) is 103 cm³/mol. The molecule has 2 aromatic carbocycles. The minimum Gasteiger partial charge on any atom is -0.491 e. The lowest BCUT2D eigenvalue weighted by Gasteiger charge is -2.23. The SMILES string of the molecule is CCCOCCOc1cccc(-c2cccc(C3CC(=O)NC(=O)N3)c2)c1. The van der Waals surface area contributed by atoms with Gasteiger partial charge in [-0.05, 0) is 41.3 Å². The second-order valence-corrected chi connectivity index (χ2v) is 6.39. The Morgan fingerprint density at radius 1 is 1.00 bits per heavy atom. The van der Waals surface area contributed by atoms with Crippen molar-refractivity contribution >= 4 is 11.9 Å². The van der Waals surface area contributed by atoms with Gasteiger partial charge in [-0.25, -0.2) is 4.79 Å². The number of amides is 3. The molecule has 0 spiro atoms. The average Bonchev–Trinajstić information content (AvgIpc) is 2.67. The monoisotopic (exact) mass is 368 g/mol. The summed E-state index contributed by atoms with van der Waals surface area (Å²) in [5.74, 6) is 0.512. The van der Waals surface area contributed by atoms with Crippen LogP contribution >= 0.6 is 0 Å². The summed E-state index contributed by atoms with van der Waals surface area (Å²) in [5.41, 5.74) is 2.91. The van der Waals surface area contributed by atoms with E-state index in [0.717, 1.165) is 35.5 Å². The van der Waals surface area contributed by atoms with Crippen LogP contribution in [0.1, 0.15) is 31.4 Å². The van der Waals surface area contributed by atoms with Crippen LogP contribution in [0.4, 0.5) is 4.79 Å². The van der Waals surface area contributed by atoms with Crippen LogP contribution in [0.2, 0.25) is 0 Å². The Morgan fingerprint density at radius 2 is 1.78 bits per heavy atom. The van der Waals surface area contributed by atoms with E-state index in [1.807, 2.05) is 48.5 Å². The number of carbonyl (C=O) groups is 2.